The molecule has 0 aliphatic carbocycles. The second-order valence-corrected chi connectivity index (χ2v) is 6.98. The van der Waals surface area contributed by atoms with Crippen molar-refractivity contribution in [1.29, 1.82) is 0 Å². The molecule has 1 amide bonds. The normalized spacial score (nSPS) is 16.7. The topological polar surface area (TPSA) is 84.4 Å². The molecule has 1 unspecified atom stereocenters. The van der Waals surface area contributed by atoms with Gasteiger partial charge in [-0.1, -0.05) is 18.5 Å². The van der Waals surface area contributed by atoms with Gasteiger partial charge in [0.2, 0.25) is 5.95 Å². The number of methoxy groups -OCH3 is 1. The number of nitrogens with one attached hydrogen (secondary N) is 1. The van der Waals surface area contributed by atoms with Gasteiger partial charge in [0.15, 0.2) is 0 Å². The summed E-state index contributed by atoms with van der Waals surface area (Å²) in [5.74, 6) is 0.182. The molecule has 27 heavy (non-hydrogen) atoms. The minimum absolute atomic E-state index is 0.234. The first-order valence-electron chi connectivity index (χ1n) is 8.75. The van der Waals surface area contributed by atoms with E-state index in [4.69, 9.17) is 16.3 Å². The third kappa shape index (κ3) is 4.54. The molecule has 1 aromatic carbocycles. The molecule has 1 aliphatic rings. The Labute approximate surface area is 162 Å². The van der Waals surface area contributed by atoms with E-state index in [-0.39, 0.29) is 5.69 Å². The molecule has 1 N–H and O–H groups in total. The summed E-state index contributed by atoms with van der Waals surface area (Å²) in [6, 6.07) is 6.08. The van der Waals surface area contributed by atoms with E-state index in [0.717, 1.165) is 19.5 Å². The van der Waals surface area contributed by atoms with Crippen molar-refractivity contribution in [2.75, 3.05) is 30.4 Å². The molecule has 7 nitrogen and oxygen atoms in total. The largest absolute Gasteiger partial charge is 0.465 e. The first kappa shape index (κ1) is 19.1. The lowest BCUT2D eigenvalue weighted by Gasteiger charge is -2.30. The molecule has 8 heteroatoms. The smallest absolute Gasteiger partial charge is 0.337 e. The van der Waals surface area contributed by atoms with Crippen molar-refractivity contribution in [2.45, 2.75) is 19.8 Å². The van der Waals surface area contributed by atoms with Gasteiger partial charge >= 0.3 is 5.97 Å². The number of ether oxygens (including phenoxy) is 1. The first-order chi connectivity index (χ1) is 13.0. The highest BCUT2D eigenvalue weighted by Crippen LogP contribution is 2.24. The van der Waals surface area contributed by atoms with Gasteiger partial charge in [0.1, 0.15) is 5.69 Å². The average molecular weight is 389 g/mol. The van der Waals surface area contributed by atoms with Crippen molar-refractivity contribution in [1.82, 2.24) is 9.97 Å². The predicted octanol–water partition coefficient (Wildman–Crippen LogP) is 3.41. The molecule has 0 saturated carbocycles. The minimum Gasteiger partial charge on any atom is -0.465 e. The Balaban J connectivity index is 1.79. The number of piperidine rings is 1. The van der Waals surface area contributed by atoms with Crippen molar-refractivity contribution in [3.8, 4) is 0 Å². The van der Waals surface area contributed by atoms with Gasteiger partial charge in [-0.05, 0) is 43.0 Å². The van der Waals surface area contributed by atoms with Crippen LogP contribution >= 0.6 is 11.6 Å². The van der Waals surface area contributed by atoms with E-state index in [1.807, 2.05) is 0 Å². The zero-order valence-electron chi connectivity index (χ0n) is 15.2. The maximum absolute atomic E-state index is 12.6. The van der Waals surface area contributed by atoms with E-state index in [1.54, 1.807) is 12.3 Å². The second-order valence-electron chi connectivity index (χ2n) is 6.58. The van der Waals surface area contributed by atoms with Crippen LogP contribution in [0.5, 0.6) is 0 Å². The zero-order chi connectivity index (χ0) is 19.4. The summed E-state index contributed by atoms with van der Waals surface area (Å²) in [5, 5.41) is 3.01. The molecular formula is C19H21ClN4O3. The molecule has 0 radical (unpaired) electrons. The Hall–Kier alpha value is -2.67. The van der Waals surface area contributed by atoms with Gasteiger partial charge in [-0.3, -0.25) is 4.79 Å². The average Bonchev–Trinajstić information content (AvgIpc) is 2.69. The van der Waals surface area contributed by atoms with Gasteiger partial charge in [-0.2, -0.15) is 0 Å². The molecule has 1 aliphatic heterocycles. The van der Waals surface area contributed by atoms with Crippen LogP contribution in [0.25, 0.3) is 0 Å². The molecule has 0 bridgehead atoms. The molecule has 1 saturated heterocycles. The summed E-state index contributed by atoms with van der Waals surface area (Å²) >= 11 is 6.14. The summed E-state index contributed by atoms with van der Waals surface area (Å²) < 4.78 is 4.69. The fourth-order valence-electron chi connectivity index (χ4n) is 3.05. The molecule has 2 aromatic rings. The molecule has 142 valence electrons. The molecule has 1 fully saturated rings. The van der Waals surface area contributed by atoms with Crippen LogP contribution in [-0.2, 0) is 4.74 Å². The van der Waals surface area contributed by atoms with E-state index < -0.39 is 11.9 Å². The summed E-state index contributed by atoms with van der Waals surface area (Å²) in [7, 11) is 1.29. The number of hydrogen-bond acceptors (Lipinski definition) is 6. The van der Waals surface area contributed by atoms with Gasteiger partial charge < -0.3 is 15.0 Å². The van der Waals surface area contributed by atoms with Crippen LogP contribution in [0.2, 0.25) is 5.02 Å². The van der Waals surface area contributed by atoms with Gasteiger partial charge in [-0.25, -0.2) is 14.8 Å². The minimum atomic E-state index is -0.509. The van der Waals surface area contributed by atoms with Crippen molar-refractivity contribution in [2.24, 2.45) is 5.92 Å². The second kappa shape index (κ2) is 8.35. The lowest BCUT2D eigenvalue weighted by molar-refractivity contribution is 0.0600. The number of amides is 1. The maximum atomic E-state index is 12.6. The highest BCUT2D eigenvalue weighted by atomic mass is 35.5. The quantitative estimate of drug-likeness (QED) is 0.808. The van der Waals surface area contributed by atoms with Crippen molar-refractivity contribution < 1.29 is 14.3 Å². The molecular weight excluding hydrogens is 368 g/mol. The van der Waals surface area contributed by atoms with E-state index in [9.17, 15) is 9.59 Å². The number of esters is 1. The van der Waals surface area contributed by atoms with Crippen LogP contribution in [0, 0.1) is 5.92 Å². The van der Waals surface area contributed by atoms with Crippen LogP contribution in [-0.4, -0.2) is 42.0 Å². The van der Waals surface area contributed by atoms with Gasteiger partial charge in [-0.15, -0.1) is 0 Å². The molecule has 3 rings (SSSR count). The number of anilines is 2. The third-order valence-electron chi connectivity index (χ3n) is 4.45. The number of carbonyl (C=O) groups is 2. The van der Waals surface area contributed by atoms with Gasteiger partial charge in [0.05, 0.1) is 23.4 Å². The Kier molecular flexibility index (Phi) is 5.91. The fraction of sp³-hybridized carbons (Fsp3) is 0.368. The maximum Gasteiger partial charge on any atom is 0.337 e. The molecule has 1 aromatic heterocycles. The summed E-state index contributed by atoms with van der Waals surface area (Å²) in [5.41, 5.74) is 0.844. The molecule has 0 spiro atoms. The van der Waals surface area contributed by atoms with Crippen LogP contribution in [0.1, 0.15) is 40.6 Å². The van der Waals surface area contributed by atoms with Crippen LogP contribution < -0.4 is 10.2 Å². The SMILES string of the molecule is COC(=O)c1ccc(Cl)c(NC(=O)c2ccnc(N3CCCC(C)C3)n2)c1. The summed E-state index contributed by atoms with van der Waals surface area (Å²) in [6.45, 7) is 3.94. The molecule has 2 heterocycles. The molecule has 1 atom stereocenters. The van der Waals surface area contributed by atoms with Crippen LogP contribution in [0.4, 0.5) is 11.6 Å². The Morgan fingerprint density at radius 1 is 1.33 bits per heavy atom. The number of hydrogen-bond donors (Lipinski definition) is 1. The summed E-state index contributed by atoms with van der Waals surface area (Å²) in [6.07, 6.45) is 3.84. The van der Waals surface area contributed by atoms with Crippen molar-refractivity contribution >= 4 is 35.1 Å². The van der Waals surface area contributed by atoms with E-state index in [1.165, 1.54) is 31.7 Å². The third-order valence-corrected chi connectivity index (χ3v) is 4.78. The number of carbonyl (C=O) groups excluding carboxylic acids is 2. The Morgan fingerprint density at radius 2 is 2.15 bits per heavy atom. The van der Waals surface area contributed by atoms with E-state index >= 15 is 0 Å². The number of halogens is 1. The van der Waals surface area contributed by atoms with E-state index in [2.05, 4.69) is 27.1 Å². The Bertz CT molecular complexity index is 859. The zero-order valence-corrected chi connectivity index (χ0v) is 16.0. The Morgan fingerprint density at radius 3 is 2.89 bits per heavy atom. The lowest BCUT2D eigenvalue weighted by atomic mass is 10.0. The van der Waals surface area contributed by atoms with Gasteiger partial charge in [0.25, 0.3) is 5.91 Å². The van der Waals surface area contributed by atoms with Crippen molar-refractivity contribution in [3.05, 3.63) is 46.7 Å². The van der Waals surface area contributed by atoms with E-state index in [0.29, 0.717) is 28.1 Å². The van der Waals surface area contributed by atoms with Crippen LogP contribution in [0.15, 0.2) is 30.5 Å². The highest BCUT2D eigenvalue weighted by Gasteiger charge is 2.20. The first-order valence-corrected chi connectivity index (χ1v) is 9.13. The number of aromatic nitrogens is 2. The lowest BCUT2D eigenvalue weighted by Crippen LogP contribution is -2.35. The highest BCUT2D eigenvalue weighted by molar-refractivity contribution is 6.34. The fourth-order valence-corrected chi connectivity index (χ4v) is 3.22. The van der Waals surface area contributed by atoms with Crippen LogP contribution in [0.3, 0.4) is 0 Å². The number of benzene rings is 1. The van der Waals surface area contributed by atoms with Gasteiger partial charge in [0, 0.05) is 19.3 Å². The summed E-state index contributed by atoms with van der Waals surface area (Å²) in [4.78, 5) is 35.1. The monoisotopic (exact) mass is 388 g/mol. The standard InChI is InChI=1S/C19H21ClN4O3/c1-12-4-3-9-24(11-12)19-21-8-7-15(23-19)17(25)22-16-10-13(18(26)27-2)5-6-14(16)20/h5-8,10,12H,3-4,9,11H2,1-2H3,(H,22,25). The number of nitrogens with zero attached hydrogens (tertiary/aromatic N) is 3. The number of rotatable bonds is 4. The van der Waals surface area contributed by atoms with Crippen molar-refractivity contribution in [3.63, 3.8) is 0 Å². The predicted molar refractivity (Wildman–Crippen MR) is 103 cm³/mol.